The van der Waals surface area contributed by atoms with Gasteiger partial charge in [-0.05, 0) is 0 Å². The number of aliphatic carboxylic acids is 1. The van der Waals surface area contributed by atoms with Gasteiger partial charge in [-0.15, -0.1) is 11.3 Å². The van der Waals surface area contributed by atoms with Crippen molar-refractivity contribution in [3.8, 4) is 5.75 Å². The van der Waals surface area contributed by atoms with E-state index in [2.05, 4.69) is 4.74 Å². The van der Waals surface area contributed by atoms with Gasteiger partial charge in [0.05, 0.1) is 14.2 Å². The zero-order valence-corrected chi connectivity index (χ0v) is 11.6. The number of ether oxygens (including phenoxy) is 2. The van der Waals surface area contributed by atoms with E-state index in [4.69, 9.17) is 9.84 Å². The maximum Gasteiger partial charge on any atom is 0.348 e. The average molecular weight is 309 g/mol. The Bertz CT molecular complexity index is 590. The van der Waals surface area contributed by atoms with Crippen LogP contribution >= 0.6 is 11.3 Å². The van der Waals surface area contributed by atoms with Crippen LogP contribution < -0.4 is 9.46 Å². The molecule has 0 saturated carbocycles. The number of hydrogen-bond donors (Lipinski definition) is 2. The van der Waals surface area contributed by atoms with Crippen LogP contribution in [0.1, 0.15) is 9.67 Å². The molecule has 0 amide bonds. The molecule has 2 N–H and O–H groups in total. The predicted molar refractivity (Wildman–Crippen MR) is 65.0 cm³/mol. The van der Waals surface area contributed by atoms with Crippen LogP contribution in [0.25, 0.3) is 0 Å². The summed E-state index contributed by atoms with van der Waals surface area (Å²) >= 11 is 0.632. The largest absolute Gasteiger partial charge is 0.494 e. The van der Waals surface area contributed by atoms with Crippen LogP contribution in [0, 0.1) is 0 Å². The van der Waals surface area contributed by atoms with E-state index in [1.165, 1.54) is 13.2 Å². The van der Waals surface area contributed by atoms with Crippen LogP contribution in [0.2, 0.25) is 0 Å². The summed E-state index contributed by atoms with van der Waals surface area (Å²) in [4.78, 5) is 21.7. The van der Waals surface area contributed by atoms with E-state index in [1.807, 2.05) is 4.72 Å². The third kappa shape index (κ3) is 3.66. The SMILES string of the molecule is COC(=O)c1cc(OC)c(S(=O)(=O)NCC(=O)O)s1. The molecule has 19 heavy (non-hydrogen) atoms. The number of carbonyl (C=O) groups is 2. The highest BCUT2D eigenvalue weighted by molar-refractivity contribution is 7.91. The average Bonchev–Trinajstić information content (AvgIpc) is 2.80. The molecule has 1 aromatic heterocycles. The molecule has 1 rings (SSSR count). The third-order valence-corrected chi connectivity index (χ3v) is 4.94. The van der Waals surface area contributed by atoms with E-state index in [-0.39, 0.29) is 14.8 Å². The number of methoxy groups -OCH3 is 2. The van der Waals surface area contributed by atoms with Crippen LogP contribution in [0.4, 0.5) is 0 Å². The maximum atomic E-state index is 11.8. The molecule has 0 unspecified atom stereocenters. The molecule has 0 radical (unpaired) electrons. The van der Waals surface area contributed by atoms with Crippen molar-refractivity contribution in [1.82, 2.24) is 4.72 Å². The van der Waals surface area contributed by atoms with Crippen molar-refractivity contribution in [1.29, 1.82) is 0 Å². The number of sulfonamides is 1. The highest BCUT2D eigenvalue weighted by Crippen LogP contribution is 2.33. The van der Waals surface area contributed by atoms with Gasteiger partial charge in [0.25, 0.3) is 10.0 Å². The number of rotatable bonds is 6. The van der Waals surface area contributed by atoms with Gasteiger partial charge in [0.1, 0.15) is 11.4 Å². The van der Waals surface area contributed by atoms with Gasteiger partial charge in [-0.3, -0.25) is 4.79 Å². The molecular weight excluding hydrogens is 298 g/mol. The van der Waals surface area contributed by atoms with Crippen LogP contribution in [0.15, 0.2) is 10.3 Å². The van der Waals surface area contributed by atoms with E-state index >= 15 is 0 Å². The summed E-state index contributed by atoms with van der Waals surface area (Å²) in [5.41, 5.74) is 0. The second-order valence-electron chi connectivity index (χ2n) is 3.18. The number of carbonyl (C=O) groups excluding carboxylic acids is 1. The van der Waals surface area contributed by atoms with E-state index < -0.39 is 28.5 Å². The number of carboxylic acids is 1. The first kappa shape index (κ1) is 15.4. The van der Waals surface area contributed by atoms with E-state index in [9.17, 15) is 18.0 Å². The minimum absolute atomic E-state index is 0.0371. The highest BCUT2D eigenvalue weighted by Gasteiger charge is 2.26. The van der Waals surface area contributed by atoms with Crippen molar-refractivity contribution in [2.45, 2.75) is 4.21 Å². The molecule has 0 aliphatic rings. The maximum absolute atomic E-state index is 11.8. The topological polar surface area (TPSA) is 119 Å². The second kappa shape index (κ2) is 5.99. The lowest BCUT2D eigenvalue weighted by atomic mass is 10.4. The standard InChI is InChI=1S/C9H11NO7S2/c1-16-5-3-6(8(13)17-2)18-9(5)19(14,15)10-4-7(11)12/h3,10H,4H2,1-2H3,(H,11,12). The summed E-state index contributed by atoms with van der Waals surface area (Å²) in [7, 11) is -1.67. The summed E-state index contributed by atoms with van der Waals surface area (Å²) in [5, 5.41) is 8.45. The first-order chi connectivity index (χ1) is 8.81. The molecule has 106 valence electrons. The molecule has 1 aromatic rings. The van der Waals surface area contributed by atoms with Gasteiger partial charge in [-0.1, -0.05) is 0 Å². The van der Waals surface area contributed by atoms with Crippen molar-refractivity contribution < 1.29 is 32.6 Å². The Labute approximate surface area is 113 Å². The number of hydrogen-bond acceptors (Lipinski definition) is 7. The van der Waals surface area contributed by atoms with E-state index in [0.29, 0.717) is 11.3 Å². The molecule has 0 aromatic carbocycles. The lowest BCUT2D eigenvalue weighted by Gasteiger charge is -2.04. The predicted octanol–water partition coefficient (Wildman–Crippen LogP) is -0.0938. The quantitative estimate of drug-likeness (QED) is 0.704. The molecule has 8 nitrogen and oxygen atoms in total. The third-order valence-electron chi connectivity index (χ3n) is 1.93. The molecule has 0 aliphatic carbocycles. The van der Waals surface area contributed by atoms with Crippen LogP contribution in [-0.4, -0.2) is 46.2 Å². The second-order valence-corrected chi connectivity index (χ2v) is 6.19. The minimum atomic E-state index is -4.06. The smallest absolute Gasteiger partial charge is 0.348 e. The van der Waals surface area contributed by atoms with Crippen LogP contribution in [0.5, 0.6) is 5.75 Å². The zero-order chi connectivity index (χ0) is 14.6. The fourth-order valence-corrected chi connectivity index (χ4v) is 3.62. The molecule has 0 spiro atoms. The van der Waals surface area contributed by atoms with Crippen LogP contribution in [0.3, 0.4) is 0 Å². The van der Waals surface area contributed by atoms with E-state index in [0.717, 1.165) is 7.11 Å². The van der Waals surface area contributed by atoms with Crippen molar-refractivity contribution in [3.05, 3.63) is 10.9 Å². The summed E-state index contributed by atoms with van der Waals surface area (Å²) in [6.07, 6.45) is 0. The van der Waals surface area contributed by atoms with Gasteiger partial charge in [0, 0.05) is 6.07 Å². The molecule has 0 saturated heterocycles. The van der Waals surface area contributed by atoms with Crippen molar-refractivity contribution >= 4 is 33.3 Å². The number of carboxylic acid groups (broad SMARTS) is 1. The van der Waals surface area contributed by atoms with Gasteiger partial charge in [-0.2, -0.15) is 4.72 Å². The number of nitrogens with one attached hydrogen (secondary N) is 1. The molecular formula is C9H11NO7S2. The number of thiophene rings is 1. The van der Waals surface area contributed by atoms with Gasteiger partial charge >= 0.3 is 11.9 Å². The molecule has 0 atom stereocenters. The monoisotopic (exact) mass is 309 g/mol. The summed E-state index contributed by atoms with van der Waals surface area (Å²) in [6, 6.07) is 1.21. The molecule has 1 heterocycles. The Hall–Kier alpha value is -1.65. The van der Waals surface area contributed by atoms with Crippen molar-refractivity contribution in [2.75, 3.05) is 20.8 Å². The Kier molecular flexibility index (Phi) is 4.86. The Balaban J connectivity index is 3.14. The molecule has 0 bridgehead atoms. The van der Waals surface area contributed by atoms with Gasteiger partial charge in [0.2, 0.25) is 0 Å². The summed E-state index contributed by atoms with van der Waals surface area (Å²) < 4.78 is 34.6. The fourth-order valence-electron chi connectivity index (χ4n) is 1.11. The Morgan fingerprint density at radius 3 is 2.53 bits per heavy atom. The zero-order valence-electron chi connectivity index (χ0n) is 10.00. The van der Waals surface area contributed by atoms with Crippen molar-refractivity contribution in [3.63, 3.8) is 0 Å². The molecule has 0 aliphatic heterocycles. The first-order valence-corrected chi connectivity index (χ1v) is 7.09. The highest BCUT2D eigenvalue weighted by atomic mass is 32.2. The van der Waals surface area contributed by atoms with Gasteiger partial charge in [0.15, 0.2) is 9.96 Å². The van der Waals surface area contributed by atoms with Crippen LogP contribution in [-0.2, 0) is 19.6 Å². The van der Waals surface area contributed by atoms with Crippen molar-refractivity contribution in [2.24, 2.45) is 0 Å². The summed E-state index contributed by atoms with van der Waals surface area (Å²) in [6.45, 7) is -0.767. The van der Waals surface area contributed by atoms with E-state index in [1.54, 1.807) is 0 Å². The molecule has 0 fully saturated rings. The first-order valence-electron chi connectivity index (χ1n) is 4.79. The lowest BCUT2D eigenvalue weighted by Crippen LogP contribution is -2.29. The summed E-state index contributed by atoms with van der Waals surface area (Å²) in [5.74, 6) is -2.08. The normalized spacial score (nSPS) is 11.1. The Morgan fingerprint density at radius 2 is 2.05 bits per heavy atom. The Morgan fingerprint density at radius 1 is 1.42 bits per heavy atom. The lowest BCUT2D eigenvalue weighted by molar-refractivity contribution is -0.135. The minimum Gasteiger partial charge on any atom is -0.494 e. The van der Waals surface area contributed by atoms with Gasteiger partial charge in [-0.25, -0.2) is 13.2 Å². The number of esters is 1. The van der Waals surface area contributed by atoms with Gasteiger partial charge < -0.3 is 14.6 Å². The fraction of sp³-hybridized carbons (Fsp3) is 0.333. The molecule has 10 heteroatoms.